The Morgan fingerprint density at radius 1 is 1.69 bits per heavy atom. The highest BCUT2D eigenvalue weighted by atomic mass is 32.2. The van der Waals surface area contributed by atoms with Crippen LogP contribution in [0.3, 0.4) is 0 Å². The number of hydrogen-bond acceptors (Lipinski definition) is 4. The molecule has 0 atom stereocenters. The van der Waals surface area contributed by atoms with Gasteiger partial charge in [-0.05, 0) is 11.6 Å². The highest BCUT2D eigenvalue weighted by Gasteiger charge is 2.16. The monoisotopic (exact) mass is 196 g/mol. The first-order valence-corrected chi connectivity index (χ1v) is 4.80. The third-order valence-corrected chi connectivity index (χ3v) is 2.71. The number of fused-ring (bicyclic) bond motifs is 1. The summed E-state index contributed by atoms with van der Waals surface area (Å²) in [6.45, 7) is -0.0547. The maximum absolute atomic E-state index is 11.0. The second-order valence-corrected chi connectivity index (χ2v) is 3.66. The van der Waals surface area contributed by atoms with E-state index in [1.165, 1.54) is 11.8 Å². The molecule has 1 amide bonds. The average molecular weight is 196 g/mol. The normalized spacial score (nSPS) is 15.0. The summed E-state index contributed by atoms with van der Waals surface area (Å²) in [6.07, 6.45) is 1.61. The Balaban J connectivity index is 2.38. The number of rotatable bonds is 1. The molecular formula is C8H8N2O2S. The lowest BCUT2D eigenvalue weighted by molar-refractivity contribution is -0.113. The summed E-state index contributed by atoms with van der Waals surface area (Å²) in [7, 11) is 0. The van der Waals surface area contributed by atoms with Crippen LogP contribution in [0.1, 0.15) is 5.56 Å². The Bertz CT molecular complexity index is 354. The predicted octanol–water partition coefficient (Wildman–Crippen LogP) is 0.618. The number of nitrogens with one attached hydrogen (secondary N) is 1. The van der Waals surface area contributed by atoms with Crippen LogP contribution in [0.25, 0.3) is 0 Å². The van der Waals surface area contributed by atoms with Gasteiger partial charge in [-0.25, -0.2) is 4.98 Å². The van der Waals surface area contributed by atoms with E-state index < -0.39 is 0 Å². The molecule has 0 spiro atoms. The minimum atomic E-state index is -0.0547. The summed E-state index contributed by atoms with van der Waals surface area (Å²) in [6, 6.07) is 1.74. The Hall–Kier alpha value is -1.07. The first-order chi connectivity index (χ1) is 6.29. The largest absolute Gasteiger partial charge is 0.392 e. The fraction of sp³-hybridized carbons (Fsp3) is 0.250. The zero-order chi connectivity index (χ0) is 9.26. The summed E-state index contributed by atoms with van der Waals surface area (Å²) in [4.78, 5) is 15.1. The van der Waals surface area contributed by atoms with Crippen molar-refractivity contribution in [2.45, 2.75) is 11.6 Å². The van der Waals surface area contributed by atoms with Gasteiger partial charge >= 0.3 is 0 Å². The fourth-order valence-electron chi connectivity index (χ4n) is 1.11. The predicted molar refractivity (Wildman–Crippen MR) is 49.5 cm³/mol. The fourth-order valence-corrected chi connectivity index (χ4v) is 1.84. The average Bonchev–Trinajstić information content (AvgIpc) is 2.16. The van der Waals surface area contributed by atoms with E-state index in [9.17, 15) is 4.79 Å². The van der Waals surface area contributed by atoms with Gasteiger partial charge in [-0.2, -0.15) is 0 Å². The van der Waals surface area contributed by atoms with Crippen molar-refractivity contribution in [3.05, 3.63) is 17.8 Å². The van der Waals surface area contributed by atoms with E-state index in [1.807, 2.05) is 0 Å². The first-order valence-electron chi connectivity index (χ1n) is 3.82. The summed E-state index contributed by atoms with van der Waals surface area (Å²) >= 11 is 1.41. The van der Waals surface area contributed by atoms with E-state index in [2.05, 4.69) is 10.3 Å². The number of anilines is 1. The summed E-state index contributed by atoms with van der Waals surface area (Å²) in [5.41, 5.74) is 1.41. The minimum Gasteiger partial charge on any atom is -0.392 e. The highest BCUT2D eigenvalue weighted by Crippen LogP contribution is 2.29. The van der Waals surface area contributed by atoms with Crippen LogP contribution in [0.2, 0.25) is 0 Å². The van der Waals surface area contributed by atoms with Gasteiger partial charge < -0.3 is 10.4 Å². The number of aromatic nitrogens is 1. The molecule has 13 heavy (non-hydrogen) atoms. The molecule has 1 aliphatic heterocycles. The van der Waals surface area contributed by atoms with Gasteiger partial charge in [-0.1, -0.05) is 11.8 Å². The lowest BCUT2D eigenvalue weighted by atomic mass is 10.3. The summed E-state index contributed by atoms with van der Waals surface area (Å²) in [5.74, 6) is 0.396. The Labute approximate surface area is 79.4 Å². The number of carbonyl (C=O) groups is 1. The number of pyridine rings is 1. The van der Waals surface area contributed by atoms with Crippen molar-refractivity contribution in [1.29, 1.82) is 0 Å². The molecule has 2 heterocycles. The molecular weight excluding hydrogens is 188 g/mol. The molecule has 4 nitrogen and oxygen atoms in total. The molecule has 0 saturated heterocycles. The molecule has 0 bridgehead atoms. The number of hydrogen-bond donors (Lipinski definition) is 2. The maximum atomic E-state index is 11.0. The Morgan fingerprint density at radius 3 is 3.31 bits per heavy atom. The maximum Gasteiger partial charge on any atom is 0.234 e. The van der Waals surface area contributed by atoms with Crippen LogP contribution < -0.4 is 5.32 Å². The topological polar surface area (TPSA) is 62.2 Å². The van der Waals surface area contributed by atoms with Gasteiger partial charge in [0, 0.05) is 6.20 Å². The van der Waals surface area contributed by atoms with Crippen molar-refractivity contribution in [2.75, 3.05) is 11.1 Å². The standard InChI is InChI=1S/C8H8N2O2S/c11-3-5-1-6-8(9-2-5)13-4-7(12)10-6/h1-2,11H,3-4H2,(H,10,12). The molecule has 0 aromatic carbocycles. The van der Waals surface area contributed by atoms with Crippen molar-refractivity contribution in [3.8, 4) is 0 Å². The summed E-state index contributed by atoms with van der Waals surface area (Å²) < 4.78 is 0. The third kappa shape index (κ3) is 1.66. The minimum absolute atomic E-state index is 0.0191. The molecule has 68 valence electrons. The van der Waals surface area contributed by atoms with E-state index in [0.717, 1.165) is 5.03 Å². The zero-order valence-electron chi connectivity index (χ0n) is 6.78. The molecule has 5 heteroatoms. The molecule has 2 N–H and O–H groups in total. The van der Waals surface area contributed by atoms with Gasteiger partial charge in [0.1, 0.15) is 5.03 Å². The van der Waals surface area contributed by atoms with Crippen molar-refractivity contribution < 1.29 is 9.90 Å². The van der Waals surface area contributed by atoms with Crippen molar-refractivity contribution in [1.82, 2.24) is 4.98 Å². The van der Waals surface area contributed by atoms with Gasteiger partial charge in [0.25, 0.3) is 0 Å². The molecule has 1 aromatic heterocycles. The van der Waals surface area contributed by atoms with Crippen molar-refractivity contribution in [3.63, 3.8) is 0 Å². The van der Waals surface area contributed by atoms with Crippen LogP contribution in [0.4, 0.5) is 5.69 Å². The Morgan fingerprint density at radius 2 is 2.54 bits per heavy atom. The lowest BCUT2D eigenvalue weighted by Gasteiger charge is -2.15. The SMILES string of the molecule is O=C1CSc2ncc(CO)cc2N1. The molecule has 2 rings (SSSR count). The quantitative estimate of drug-likeness (QED) is 0.691. The number of aliphatic hydroxyl groups is 1. The molecule has 0 unspecified atom stereocenters. The molecule has 0 saturated carbocycles. The number of aliphatic hydroxyl groups excluding tert-OH is 1. The van der Waals surface area contributed by atoms with E-state index in [1.54, 1.807) is 12.3 Å². The van der Waals surface area contributed by atoms with E-state index in [4.69, 9.17) is 5.11 Å². The first kappa shape index (κ1) is 8.52. The molecule has 0 radical (unpaired) electrons. The summed E-state index contributed by atoms with van der Waals surface area (Å²) in [5, 5.41) is 12.4. The van der Waals surface area contributed by atoms with Crippen LogP contribution in [-0.2, 0) is 11.4 Å². The van der Waals surface area contributed by atoms with Gasteiger partial charge in [0.05, 0.1) is 18.0 Å². The van der Waals surface area contributed by atoms with E-state index >= 15 is 0 Å². The molecule has 1 aliphatic rings. The molecule has 1 aromatic rings. The smallest absolute Gasteiger partial charge is 0.234 e. The third-order valence-electron chi connectivity index (χ3n) is 1.70. The van der Waals surface area contributed by atoms with Crippen LogP contribution in [0.5, 0.6) is 0 Å². The van der Waals surface area contributed by atoms with Crippen LogP contribution >= 0.6 is 11.8 Å². The van der Waals surface area contributed by atoms with Crippen LogP contribution in [-0.4, -0.2) is 21.8 Å². The number of nitrogens with zero attached hydrogens (tertiary/aromatic N) is 1. The van der Waals surface area contributed by atoms with Gasteiger partial charge in [0.2, 0.25) is 5.91 Å². The number of carbonyl (C=O) groups excluding carboxylic acids is 1. The second-order valence-electron chi connectivity index (χ2n) is 2.69. The van der Waals surface area contributed by atoms with Crippen LogP contribution in [0.15, 0.2) is 17.3 Å². The Kier molecular flexibility index (Phi) is 2.20. The highest BCUT2D eigenvalue weighted by molar-refractivity contribution is 8.00. The van der Waals surface area contributed by atoms with Crippen molar-refractivity contribution in [2.24, 2.45) is 0 Å². The molecule has 0 aliphatic carbocycles. The van der Waals surface area contributed by atoms with E-state index in [-0.39, 0.29) is 12.5 Å². The van der Waals surface area contributed by atoms with Gasteiger partial charge in [-0.3, -0.25) is 4.79 Å². The molecule has 0 fully saturated rings. The lowest BCUT2D eigenvalue weighted by Crippen LogP contribution is -2.19. The van der Waals surface area contributed by atoms with Crippen LogP contribution in [0, 0.1) is 0 Å². The number of thioether (sulfide) groups is 1. The second kappa shape index (κ2) is 3.35. The van der Waals surface area contributed by atoms with Crippen molar-refractivity contribution >= 4 is 23.4 Å². The van der Waals surface area contributed by atoms with Gasteiger partial charge in [-0.15, -0.1) is 0 Å². The number of amides is 1. The van der Waals surface area contributed by atoms with E-state index in [0.29, 0.717) is 17.0 Å². The zero-order valence-corrected chi connectivity index (χ0v) is 7.60. The van der Waals surface area contributed by atoms with Gasteiger partial charge in [0.15, 0.2) is 0 Å².